The van der Waals surface area contributed by atoms with Gasteiger partial charge in [-0.05, 0) is 37.5 Å². The molecule has 0 bridgehead atoms. The Morgan fingerprint density at radius 3 is 2.14 bits per heavy atom. The summed E-state index contributed by atoms with van der Waals surface area (Å²) in [4.78, 5) is 0.307. The zero-order chi connectivity index (χ0) is 16.0. The molecule has 0 spiro atoms. The fourth-order valence-electron chi connectivity index (χ4n) is 2.10. The van der Waals surface area contributed by atoms with Gasteiger partial charge in [0.25, 0.3) is 0 Å². The highest BCUT2D eigenvalue weighted by Crippen LogP contribution is 2.29. The second-order valence-electron chi connectivity index (χ2n) is 5.23. The highest BCUT2D eigenvalue weighted by molar-refractivity contribution is 9.10. The van der Waals surface area contributed by atoms with Gasteiger partial charge in [-0.2, -0.15) is 4.31 Å². The third-order valence-corrected chi connectivity index (χ3v) is 5.99. The van der Waals surface area contributed by atoms with Crippen molar-refractivity contribution < 1.29 is 8.42 Å². The molecular weight excluding hydrogens is 352 g/mol. The predicted octanol–water partition coefficient (Wildman–Crippen LogP) is 3.93. The zero-order valence-electron chi connectivity index (χ0n) is 13.0. The van der Waals surface area contributed by atoms with E-state index in [1.54, 1.807) is 23.4 Å². The Bertz CT molecular complexity index is 565. The van der Waals surface area contributed by atoms with Crippen LogP contribution in [-0.2, 0) is 10.0 Å². The molecule has 1 aromatic rings. The quantitative estimate of drug-likeness (QED) is 0.698. The molecule has 0 radical (unpaired) electrons. The predicted molar refractivity (Wildman–Crippen MR) is 91.9 cm³/mol. The van der Waals surface area contributed by atoms with Crippen molar-refractivity contribution in [2.75, 3.05) is 18.8 Å². The molecule has 0 aliphatic carbocycles. The second kappa shape index (κ2) is 8.15. The maximum Gasteiger partial charge on any atom is 0.243 e. The van der Waals surface area contributed by atoms with E-state index in [1.807, 2.05) is 0 Å². The number of benzene rings is 1. The van der Waals surface area contributed by atoms with Crippen LogP contribution in [0.1, 0.15) is 45.1 Å². The fraction of sp³-hybridized carbons (Fsp3) is 0.600. The highest BCUT2D eigenvalue weighted by atomic mass is 79.9. The molecule has 0 atom stereocenters. The third kappa shape index (κ3) is 4.69. The third-order valence-electron chi connectivity index (χ3n) is 3.50. The first-order valence-electron chi connectivity index (χ1n) is 7.40. The Morgan fingerprint density at radius 2 is 1.67 bits per heavy atom. The summed E-state index contributed by atoms with van der Waals surface area (Å²) in [7, 11) is -3.50. The minimum absolute atomic E-state index is 0.307. The van der Waals surface area contributed by atoms with E-state index in [2.05, 4.69) is 29.8 Å². The van der Waals surface area contributed by atoms with Crippen molar-refractivity contribution in [1.82, 2.24) is 4.31 Å². The van der Waals surface area contributed by atoms with Gasteiger partial charge in [-0.1, -0.05) is 42.6 Å². The van der Waals surface area contributed by atoms with E-state index in [1.165, 1.54) is 0 Å². The topological polar surface area (TPSA) is 63.4 Å². The molecule has 0 saturated heterocycles. The van der Waals surface area contributed by atoms with Crippen LogP contribution < -0.4 is 5.73 Å². The van der Waals surface area contributed by atoms with Crippen molar-refractivity contribution in [1.29, 1.82) is 0 Å². The Labute approximate surface area is 136 Å². The minimum atomic E-state index is -3.50. The summed E-state index contributed by atoms with van der Waals surface area (Å²) in [6.45, 7) is 7.00. The largest absolute Gasteiger partial charge is 0.398 e. The van der Waals surface area contributed by atoms with Crippen LogP contribution in [0, 0.1) is 6.92 Å². The molecule has 0 aromatic heterocycles. The van der Waals surface area contributed by atoms with Gasteiger partial charge < -0.3 is 5.73 Å². The number of halogens is 1. The monoisotopic (exact) mass is 376 g/mol. The van der Waals surface area contributed by atoms with Gasteiger partial charge >= 0.3 is 0 Å². The second-order valence-corrected chi connectivity index (χ2v) is 8.05. The molecule has 0 unspecified atom stereocenters. The summed E-state index contributed by atoms with van der Waals surface area (Å²) in [5.74, 6) is 0. The number of sulfonamides is 1. The summed E-state index contributed by atoms with van der Waals surface area (Å²) in [5, 5.41) is 0. The van der Waals surface area contributed by atoms with E-state index in [0.29, 0.717) is 33.7 Å². The Kier molecular flexibility index (Phi) is 7.16. The Balaban J connectivity index is 3.21. The maximum absolute atomic E-state index is 12.9. The number of hydrogen-bond acceptors (Lipinski definition) is 3. The van der Waals surface area contributed by atoms with Crippen molar-refractivity contribution >= 4 is 31.6 Å². The molecule has 0 saturated carbocycles. The van der Waals surface area contributed by atoms with Crippen molar-refractivity contribution in [2.24, 2.45) is 0 Å². The average molecular weight is 377 g/mol. The summed E-state index contributed by atoms with van der Waals surface area (Å²) < 4.78 is 28.1. The first-order chi connectivity index (χ1) is 9.84. The lowest BCUT2D eigenvalue weighted by molar-refractivity contribution is 0.395. The SMILES string of the molecule is CCCCN(CCCC)S(=O)(=O)c1cc(Br)cc(N)c1C. The number of nitrogen functional groups attached to an aromatic ring is 1. The number of nitrogens with two attached hydrogens (primary N) is 1. The molecule has 0 amide bonds. The van der Waals surface area contributed by atoms with Crippen molar-refractivity contribution in [3.8, 4) is 0 Å². The number of rotatable bonds is 8. The maximum atomic E-state index is 12.9. The van der Waals surface area contributed by atoms with Crippen LogP contribution >= 0.6 is 15.9 Å². The molecule has 0 heterocycles. The van der Waals surface area contributed by atoms with Gasteiger partial charge in [-0.15, -0.1) is 0 Å². The van der Waals surface area contributed by atoms with E-state index in [-0.39, 0.29) is 0 Å². The summed E-state index contributed by atoms with van der Waals surface area (Å²) in [6.07, 6.45) is 3.67. The first-order valence-corrected chi connectivity index (χ1v) is 9.63. The van der Waals surface area contributed by atoms with Crippen LogP contribution in [0.4, 0.5) is 5.69 Å². The molecule has 21 heavy (non-hydrogen) atoms. The molecule has 1 rings (SSSR count). The summed E-state index contributed by atoms with van der Waals surface area (Å²) in [6, 6.07) is 3.38. The molecular formula is C15H25BrN2O2S. The lowest BCUT2D eigenvalue weighted by Crippen LogP contribution is -2.33. The van der Waals surface area contributed by atoms with Crippen LogP contribution in [0.2, 0.25) is 0 Å². The average Bonchev–Trinajstić information content (AvgIpc) is 2.42. The number of unbranched alkanes of at least 4 members (excludes halogenated alkanes) is 2. The molecule has 0 aliphatic heterocycles. The van der Waals surface area contributed by atoms with E-state index >= 15 is 0 Å². The Hall–Kier alpha value is -0.590. The molecule has 0 fully saturated rings. The zero-order valence-corrected chi connectivity index (χ0v) is 15.4. The van der Waals surface area contributed by atoms with Gasteiger partial charge in [-0.3, -0.25) is 0 Å². The number of hydrogen-bond donors (Lipinski definition) is 1. The van der Waals surface area contributed by atoms with Crippen LogP contribution in [0.15, 0.2) is 21.5 Å². The smallest absolute Gasteiger partial charge is 0.243 e. The number of nitrogens with zero attached hydrogens (tertiary/aromatic N) is 1. The summed E-state index contributed by atoms with van der Waals surface area (Å²) in [5.41, 5.74) is 7.02. The molecule has 120 valence electrons. The van der Waals surface area contributed by atoms with Gasteiger partial charge in [0.2, 0.25) is 10.0 Å². The minimum Gasteiger partial charge on any atom is -0.398 e. The van der Waals surface area contributed by atoms with Crippen molar-refractivity contribution in [3.63, 3.8) is 0 Å². The summed E-state index contributed by atoms with van der Waals surface area (Å²) >= 11 is 3.33. The van der Waals surface area contributed by atoms with E-state index in [0.717, 1.165) is 25.7 Å². The van der Waals surface area contributed by atoms with E-state index in [9.17, 15) is 8.42 Å². The van der Waals surface area contributed by atoms with Gasteiger partial charge in [0, 0.05) is 23.2 Å². The van der Waals surface area contributed by atoms with Crippen molar-refractivity contribution in [2.45, 2.75) is 51.3 Å². The van der Waals surface area contributed by atoms with Crippen LogP contribution in [0.3, 0.4) is 0 Å². The lowest BCUT2D eigenvalue weighted by Gasteiger charge is -2.23. The lowest BCUT2D eigenvalue weighted by atomic mass is 10.2. The normalized spacial score (nSPS) is 12.0. The molecule has 4 nitrogen and oxygen atoms in total. The van der Waals surface area contributed by atoms with Gasteiger partial charge in [0.1, 0.15) is 0 Å². The van der Waals surface area contributed by atoms with Crippen LogP contribution in [0.5, 0.6) is 0 Å². The van der Waals surface area contributed by atoms with Gasteiger partial charge in [0.05, 0.1) is 4.90 Å². The van der Waals surface area contributed by atoms with Gasteiger partial charge in [0.15, 0.2) is 0 Å². The van der Waals surface area contributed by atoms with Gasteiger partial charge in [-0.25, -0.2) is 8.42 Å². The van der Waals surface area contributed by atoms with Crippen LogP contribution in [0.25, 0.3) is 0 Å². The molecule has 2 N–H and O–H groups in total. The van der Waals surface area contributed by atoms with E-state index in [4.69, 9.17) is 5.73 Å². The highest BCUT2D eigenvalue weighted by Gasteiger charge is 2.26. The molecule has 1 aromatic carbocycles. The Morgan fingerprint density at radius 1 is 1.14 bits per heavy atom. The molecule has 6 heteroatoms. The number of anilines is 1. The van der Waals surface area contributed by atoms with Crippen LogP contribution in [-0.4, -0.2) is 25.8 Å². The van der Waals surface area contributed by atoms with E-state index < -0.39 is 10.0 Å². The standard InChI is InChI=1S/C15H25BrN2O2S/c1-4-6-8-18(9-7-5-2)21(19,20)15-11-13(16)10-14(17)12(15)3/h10-11H,4-9,17H2,1-3H3. The first kappa shape index (κ1) is 18.5. The molecule has 0 aliphatic rings. The van der Waals surface area contributed by atoms with Crippen molar-refractivity contribution in [3.05, 3.63) is 22.2 Å². The fourth-order valence-corrected chi connectivity index (χ4v) is 4.53.